The molecular weight excluding hydrogens is 414 g/mol. The van der Waals surface area contributed by atoms with E-state index in [1.54, 1.807) is 24.3 Å². The number of imidazole rings is 1. The van der Waals surface area contributed by atoms with Gasteiger partial charge in [-0.25, -0.2) is 4.98 Å². The fourth-order valence-corrected chi connectivity index (χ4v) is 3.94. The summed E-state index contributed by atoms with van der Waals surface area (Å²) in [6, 6.07) is 12.8. The third-order valence-electron chi connectivity index (χ3n) is 5.57. The number of hydrogen-bond acceptors (Lipinski definition) is 5. The van der Waals surface area contributed by atoms with Crippen LogP contribution < -0.4 is 10.1 Å². The Morgan fingerprint density at radius 3 is 2.58 bits per heavy atom. The number of nitrogens with zero attached hydrogens (tertiary/aromatic N) is 4. The first-order valence-electron chi connectivity index (χ1n) is 10.6. The number of halogens is 1. The van der Waals surface area contributed by atoms with E-state index >= 15 is 0 Å². The maximum absolute atomic E-state index is 12.3. The molecule has 4 rings (SSSR count). The molecule has 1 aliphatic rings. The van der Waals surface area contributed by atoms with Crippen molar-refractivity contribution in [2.24, 2.45) is 0 Å². The first kappa shape index (κ1) is 21.6. The predicted octanol–water partition coefficient (Wildman–Crippen LogP) is 3.47. The number of hydrogen-bond donors (Lipinski definition) is 1. The van der Waals surface area contributed by atoms with Gasteiger partial charge in [-0.3, -0.25) is 9.69 Å². The third-order valence-corrected chi connectivity index (χ3v) is 5.82. The maximum Gasteiger partial charge on any atom is 0.262 e. The Morgan fingerprint density at radius 2 is 1.87 bits per heavy atom. The summed E-state index contributed by atoms with van der Waals surface area (Å²) in [6.07, 6.45) is 0. The molecule has 0 saturated carbocycles. The Bertz CT molecular complexity index is 1040. The van der Waals surface area contributed by atoms with Crippen molar-refractivity contribution in [3.63, 3.8) is 0 Å². The van der Waals surface area contributed by atoms with Crippen molar-refractivity contribution >= 4 is 34.2 Å². The molecule has 1 saturated heterocycles. The van der Waals surface area contributed by atoms with Gasteiger partial charge in [-0.05, 0) is 56.4 Å². The fraction of sp³-hybridized carbons (Fsp3) is 0.391. The van der Waals surface area contributed by atoms with Crippen LogP contribution in [-0.2, 0) is 17.9 Å². The molecule has 164 valence electrons. The van der Waals surface area contributed by atoms with Gasteiger partial charge in [0.15, 0.2) is 6.61 Å². The topological polar surface area (TPSA) is 62.6 Å². The molecule has 2 aromatic carbocycles. The molecule has 0 radical (unpaired) electrons. The van der Waals surface area contributed by atoms with Gasteiger partial charge >= 0.3 is 0 Å². The highest BCUT2D eigenvalue weighted by Crippen LogP contribution is 2.22. The first-order chi connectivity index (χ1) is 15.0. The molecule has 31 heavy (non-hydrogen) atoms. The normalized spacial score (nSPS) is 15.3. The molecule has 0 spiro atoms. The molecule has 7 nitrogen and oxygen atoms in total. The fourth-order valence-electron chi connectivity index (χ4n) is 3.81. The lowest BCUT2D eigenvalue weighted by Gasteiger charge is -2.32. The van der Waals surface area contributed by atoms with Gasteiger partial charge in [-0.15, -0.1) is 0 Å². The van der Waals surface area contributed by atoms with Gasteiger partial charge in [0.1, 0.15) is 11.6 Å². The summed E-state index contributed by atoms with van der Waals surface area (Å²) < 4.78 is 7.77. The van der Waals surface area contributed by atoms with E-state index in [1.165, 1.54) is 0 Å². The first-order valence-corrected chi connectivity index (χ1v) is 11.0. The predicted molar refractivity (Wildman–Crippen MR) is 124 cm³/mol. The van der Waals surface area contributed by atoms with Crippen LogP contribution in [0.4, 0.5) is 5.69 Å². The molecule has 1 N–H and O–H groups in total. The third kappa shape index (κ3) is 5.36. The van der Waals surface area contributed by atoms with Gasteiger partial charge in [-0.2, -0.15) is 0 Å². The number of ether oxygens (including phenoxy) is 1. The van der Waals surface area contributed by atoms with Crippen molar-refractivity contribution in [3.05, 3.63) is 53.3 Å². The molecule has 1 aliphatic heterocycles. The van der Waals surface area contributed by atoms with Crippen LogP contribution in [0.15, 0.2) is 42.5 Å². The van der Waals surface area contributed by atoms with Gasteiger partial charge in [0.25, 0.3) is 5.91 Å². The van der Waals surface area contributed by atoms with Gasteiger partial charge in [-0.1, -0.05) is 11.6 Å². The lowest BCUT2D eigenvalue weighted by Crippen LogP contribution is -2.44. The molecule has 0 unspecified atom stereocenters. The summed E-state index contributed by atoms with van der Waals surface area (Å²) >= 11 is 5.87. The lowest BCUT2D eigenvalue weighted by molar-refractivity contribution is -0.118. The van der Waals surface area contributed by atoms with E-state index in [0.717, 1.165) is 56.1 Å². The Morgan fingerprint density at radius 1 is 1.13 bits per heavy atom. The summed E-state index contributed by atoms with van der Waals surface area (Å²) in [5.74, 6) is 1.45. The highest BCUT2D eigenvalue weighted by Gasteiger charge is 2.18. The van der Waals surface area contributed by atoms with E-state index in [2.05, 4.69) is 33.7 Å². The quantitative estimate of drug-likeness (QED) is 0.608. The van der Waals surface area contributed by atoms with E-state index in [1.807, 2.05) is 18.2 Å². The largest absolute Gasteiger partial charge is 0.484 e. The van der Waals surface area contributed by atoms with Crippen LogP contribution in [-0.4, -0.2) is 65.1 Å². The minimum absolute atomic E-state index is 0.0717. The van der Waals surface area contributed by atoms with Crippen molar-refractivity contribution in [3.8, 4) is 5.75 Å². The Balaban J connectivity index is 1.42. The lowest BCUT2D eigenvalue weighted by atomic mass is 10.2. The van der Waals surface area contributed by atoms with Crippen LogP contribution >= 0.6 is 11.6 Å². The SMILES string of the molecule is CCn1c(CN2CCN(C)CC2)nc2cc(NC(=O)COc3ccc(Cl)cc3)ccc21. The summed E-state index contributed by atoms with van der Waals surface area (Å²) in [7, 11) is 2.16. The summed E-state index contributed by atoms with van der Waals surface area (Å²) in [6.45, 7) is 8.04. The van der Waals surface area contributed by atoms with Gasteiger partial charge in [0.2, 0.25) is 0 Å². The summed E-state index contributed by atoms with van der Waals surface area (Å²) in [5, 5.41) is 3.52. The number of likely N-dealkylation sites (N-methyl/N-ethyl adjacent to an activating group) is 1. The molecular formula is C23H28ClN5O2. The molecule has 3 aromatic rings. The average Bonchev–Trinajstić information content (AvgIpc) is 3.11. The molecule has 2 heterocycles. The number of fused-ring (bicyclic) bond motifs is 1. The number of aryl methyl sites for hydroxylation is 1. The van der Waals surface area contributed by atoms with E-state index in [9.17, 15) is 4.79 Å². The number of anilines is 1. The Kier molecular flexibility index (Phi) is 6.75. The number of piperazine rings is 1. The number of carbonyl (C=O) groups is 1. The highest BCUT2D eigenvalue weighted by molar-refractivity contribution is 6.30. The monoisotopic (exact) mass is 441 g/mol. The van der Waals surface area contributed by atoms with Gasteiger partial charge in [0, 0.05) is 43.4 Å². The van der Waals surface area contributed by atoms with E-state index in [-0.39, 0.29) is 12.5 Å². The maximum atomic E-state index is 12.3. The van der Waals surface area contributed by atoms with Gasteiger partial charge in [0.05, 0.1) is 17.6 Å². The molecule has 1 aromatic heterocycles. The van der Waals surface area contributed by atoms with Crippen molar-refractivity contribution < 1.29 is 9.53 Å². The zero-order chi connectivity index (χ0) is 21.8. The number of nitrogens with one attached hydrogen (secondary N) is 1. The van der Waals surface area contributed by atoms with Gasteiger partial charge < -0.3 is 19.5 Å². The van der Waals surface area contributed by atoms with Crippen molar-refractivity contribution in [1.82, 2.24) is 19.4 Å². The van der Waals surface area contributed by atoms with E-state index < -0.39 is 0 Å². The van der Waals surface area contributed by atoms with Crippen LogP contribution in [0.3, 0.4) is 0 Å². The minimum Gasteiger partial charge on any atom is -0.484 e. The molecule has 1 amide bonds. The minimum atomic E-state index is -0.220. The molecule has 0 atom stereocenters. The Hall–Kier alpha value is -2.61. The van der Waals surface area contributed by atoms with Crippen molar-refractivity contribution in [2.75, 3.05) is 45.2 Å². The second kappa shape index (κ2) is 9.68. The van der Waals surface area contributed by atoms with Crippen molar-refractivity contribution in [2.45, 2.75) is 20.0 Å². The number of benzene rings is 2. The van der Waals surface area contributed by atoms with Crippen LogP contribution in [0.25, 0.3) is 11.0 Å². The number of rotatable bonds is 7. The van der Waals surface area contributed by atoms with E-state index in [0.29, 0.717) is 16.5 Å². The number of amides is 1. The molecule has 0 aliphatic carbocycles. The summed E-state index contributed by atoms with van der Waals surface area (Å²) in [5.41, 5.74) is 2.69. The molecule has 8 heteroatoms. The van der Waals surface area contributed by atoms with Crippen LogP contribution in [0, 0.1) is 0 Å². The number of aromatic nitrogens is 2. The Labute approximate surface area is 187 Å². The van der Waals surface area contributed by atoms with Crippen LogP contribution in [0.2, 0.25) is 5.02 Å². The van der Waals surface area contributed by atoms with Crippen molar-refractivity contribution in [1.29, 1.82) is 0 Å². The van der Waals surface area contributed by atoms with Crippen LogP contribution in [0.5, 0.6) is 5.75 Å². The zero-order valence-electron chi connectivity index (χ0n) is 18.0. The van der Waals surface area contributed by atoms with E-state index in [4.69, 9.17) is 21.3 Å². The molecule has 1 fully saturated rings. The average molecular weight is 442 g/mol. The number of carbonyl (C=O) groups excluding carboxylic acids is 1. The highest BCUT2D eigenvalue weighted by atomic mass is 35.5. The second-order valence-electron chi connectivity index (χ2n) is 7.85. The smallest absolute Gasteiger partial charge is 0.262 e. The standard InChI is InChI=1S/C23H28ClN5O2/c1-3-29-21-9-6-18(25-23(30)16-31-19-7-4-17(24)5-8-19)14-20(21)26-22(29)15-28-12-10-27(2)11-13-28/h4-9,14H,3,10-13,15-16H2,1-2H3,(H,25,30). The van der Waals surface area contributed by atoms with Crippen LogP contribution in [0.1, 0.15) is 12.7 Å². The molecule has 0 bridgehead atoms. The summed E-state index contributed by atoms with van der Waals surface area (Å²) in [4.78, 5) is 22.0. The second-order valence-corrected chi connectivity index (χ2v) is 8.28. The zero-order valence-corrected chi connectivity index (χ0v) is 18.7.